The van der Waals surface area contributed by atoms with E-state index in [0.717, 1.165) is 44.2 Å². The maximum Gasteiger partial charge on any atom is 0.0451 e. The molecule has 1 saturated heterocycles. The van der Waals surface area contributed by atoms with Crippen molar-refractivity contribution in [2.45, 2.75) is 32.5 Å². The van der Waals surface area contributed by atoms with Gasteiger partial charge >= 0.3 is 0 Å². The average molecular weight is 359 g/mol. The van der Waals surface area contributed by atoms with Gasteiger partial charge in [0.05, 0.1) is 0 Å². The zero-order chi connectivity index (χ0) is 17.6. The first kappa shape index (κ1) is 18.4. The van der Waals surface area contributed by atoms with Crippen LogP contribution in [0.25, 0.3) is 0 Å². The van der Waals surface area contributed by atoms with Gasteiger partial charge in [-0.05, 0) is 30.5 Å². The first-order chi connectivity index (χ1) is 12.2. The Balaban J connectivity index is 1.63. The highest BCUT2D eigenvalue weighted by atomic mass is 35.5. The predicted octanol–water partition coefficient (Wildman–Crippen LogP) is 3.72. The fourth-order valence-corrected chi connectivity index (χ4v) is 3.72. The second-order valence-electron chi connectivity index (χ2n) is 6.95. The van der Waals surface area contributed by atoms with Gasteiger partial charge in [-0.15, -0.1) is 0 Å². The maximum absolute atomic E-state index is 9.49. The maximum atomic E-state index is 9.49. The molecule has 1 N–H and O–H groups in total. The van der Waals surface area contributed by atoms with Gasteiger partial charge in [-0.25, -0.2) is 0 Å². The van der Waals surface area contributed by atoms with Crippen LogP contribution in [0, 0.1) is 6.92 Å². The van der Waals surface area contributed by atoms with Crippen LogP contribution in [0.15, 0.2) is 48.5 Å². The molecule has 134 valence electrons. The van der Waals surface area contributed by atoms with Crippen molar-refractivity contribution in [3.8, 4) is 0 Å². The Kier molecular flexibility index (Phi) is 6.49. The van der Waals surface area contributed by atoms with Crippen molar-refractivity contribution in [2.75, 3.05) is 26.2 Å². The second-order valence-corrected chi connectivity index (χ2v) is 7.36. The molecular weight excluding hydrogens is 332 g/mol. The number of aliphatic hydroxyl groups is 1. The molecule has 2 aromatic rings. The Hall–Kier alpha value is -1.39. The van der Waals surface area contributed by atoms with Crippen molar-refractivity contribution in [2.24, 2.45) is 0 Å². The Morgan fingerprint density at radius 1 is 1.04 bits per heavy atom. The lowest BCUT2D eigenvalue weighted by Crippen LogP contribution is -2.52. The highest BCUT2D eigenvalue weighted by Crippen LogP contribution is 2.21. The molecule has 0 saturated carbocycles. The summed E-state index contributed by atoms with van der Waals surface area (Å²) < 4.78 is 0. The molecule has 1 fully saturated rings. The van der Waals surface area contributed by atoms with Crippen LogP contribution < -0.4 is 0 Å². The molecule has 25 heavy (non-hydrogen) atoms. The summed E-state index contributed by atoms with van der Waals surface area (Å²) in [6, 6.07) is 17.2. The van der Waals surface area contributed by atoms with E-state index in [0.29, 0.717) is 6.04 Å². The molecular formula is C21H27ClN2O. The molecule has 0 aromatic heterocycles. The fraction of sp³-hybridized carbons (Fsp3) is 0.429. The molecule has 3 nitrogen and oxygen atoms in total. The van der Waals surface area contributed by atoms with Gasteiger partial charge in [0.15, 0.2) is 0 Å². The minimum absolute atomic E-state index is 0.231. The van der Waals surface area contributed by atoms with Gasteiger partial charge < -0.3 is 5.11 Å². The van der Waals surface area contributed by atoms with E-state index in [2.05, 4.69) is 47.1 Å². The molecule has 0 unspecified atom stereocenters. The lowest BCUT2D eigenvalue weighted by molar-refractivity contribution is 0.0500. The van der Waals surface area contributed by atoms with Crippen molar-refractivity contribution in [1.29, 1.82) is 0 Å². The molecule has 0 radical (unpaired) electrons. The minimum Gasteiger partial charge on any atom is -0.396 e. The van der Waals surface area contributed by atoms with Crippen LogP contribution in [0.5, 0.6) is 0 Å². The number of aryl methyl sites for hydroxylation is 1. The average Bonchev–Trinajstić information content (AvgIpc) is 2.61. The third kappa shape index (κ3) is 5.05. The molecule has 0 amide bonds. The molecule has 1 aliphatic heterocycles. The number of nitrogens with zero attached hydrogens (tertiary/aromatic N) is 2. The third-order valence-corrected chi connectivity index (χ3v) is 5.38. The molecule has 2 aromatic carbocycles. The Morgan fingerprint density at radius 3 is 2.52 bits per heavy atom. The van der Waals surface area contributed by atoms with E-state index in [9.17, 15) is 5.11 Å². The normalized spacial score (nSPS) is 19.2. The summed E-state index contributed by atoms with van der Waals surface area (Å²) in [6.07, 6.45) is 0.810. The molecule has 3 rings (SSSR count). The first-order valence-electron chi connectivity index (χ1n) is 9.02. The highest BCUT2D eigenvalue weighted by molar-refractivity contribution is 6.31. The van der Waals surface area contributed by atoms with Crippen LogP contribution in [0.2, 0.25) is 5.02 Å². The molecule has 1 aliphatic rings. The molecule has 1 atom stereocenters. The Morgan fingerprint density at radius 2 is 1.80 bits per heavy atom. The van der Waals surface area contributed by atoms with Gasteiger partial charge in [-0.2, -0.15) is 0 Å². The molecule has 4 heteroatoms. The molecule has 0 bridgehead atoms. The van der Waals surface area contributed by atoms with E-state index in [-0.39, 0.29) is 6.61 Å². The zero-order valence-corrected chi connectivity index (χ0v) is 15.6. The zero-order valence-electron chi connectivity index (χ0n) is 14.9. The predicted molar refractivity (Wildman–Crippen MR) is 104 cm³/mol. The van der Waals surface area contributed by atoms with Gasteiger partial charge in [0, 0.05) is 50.4 Å². The number of piperazine rings is 1. The van der Waals surface area contributed by atoms with Crippen LogP contribution in [0.1, 0.15) is 23.1 Å². The van der Waals surface area contributed by atoms with Crippen LogP contribution in [-0.4, -0.2) is 47.2 Å². The van der Waals surface area contributed by atoms with E-state index in [1.807, 2.05) is 18.2 Å². The second kappa shape index (κ2) is 8.81. The SMILES string of the molecule is Cc1ccc(CN2CCN(Cc3ccccc3Cl)C[C@H]2CCO)cc1. The summed E-state index contributed by atoms with van der Waals surface area (Å²) >= 11 is 6.31. The minimum atomic E-state index is 0.231. The monoisotopic (exact) mass is 358 g/mol. The van der Waals surface area contributed by atoms with Crippen molar-refractivity contribution >= 4 is 11.6 Å². The van der Waals surface area contributed by atoms with Gasteiger partial charge in [0.2, 0.25) is 0 Å². The van der Waals surface area contributed by atoms with Crippen LogP contribution in [-0.2, 0) is 13.1 Å². The quantitative estimate of drug-likeness (QED) is 0.852. The smallest absolute Gasteiger partial charge is 0.0451 e. The van der Waals surface area contributed by atoms with Crippen LogP contribution >= 0.6 is 11.6 Å². The summed E-state index contributed by atoms with van der Waals surface area (Å²) in [7, 11) is 0. The van der Waals surface area contributed by atoms with Crippen molar-refractivity contribution in [1.82, 2.24) is 9.80 Å². The number of benzene rings is 2. The standard InChI is InChI=1S/C21H27ClN2O/c1-17-6-8-18(9-7-17)14-24-12-11-23(16-20(24)10-13-25)15-19-4-2-3-5-21(19)22/h2-9,20,25H,10-16H2,1H3/t20-/m1/s1. The Bertz CT molecular complexity index is 674. The summed E-state index contributed by atoms with van der Waals surface area (Å²) in [6.45, 7) is 7.19. The van der Waals surface area contributed by atoms with Gasteiger partial charge in [0.25, 0.3) is 0 Å². The largest absolute Gasteiger partial charge is 0.396 e. The summed E-state index contributed by atoms with van der Waals surface area (Å²) in [5, 5.41) is 10.3. The summed E-state index contributed by atoms with van der Waals surface area (Å²) in [5.74, 6) is 0. The number of aliphatic hydroxyl groups excluding tert-OH is 1. The Labute approximate surface area is 155 Å². The topological polar surface area (TPSA) is 26.7 Å². The van der Waals surface area contributed by atoms with Gasteiger partial charge in [-0.3, -0.25) is 9.80 Å². The van der Waals surface area contributed by atoms with Crippen LogP contribution in [0.3, 0.4) is 0 Å². The van der Waals surface area contributed by atoms with Crippen LogP contribution in [0.4, 0.5) is 0 Å². The van der Waals surface area contributed by atoms with E-state index >= 15 is 0 Å². The number of rotatable bonds is 6. The van der Waals surface area contributed by atoms with E-state index in [1.54, 1.807) is 0 Å². The molecule has 0 aliphatic carbocycles. The molecule has 1 heterocycles. The van der Waals surface area contributed by atoms with Crippen molar-refractivity contribution in [3.63, 3.8) is 0 Å². The summed E-state index contributed by atoms with van der Waals surface area (Å²) in [5.41, 5.74) is 3.81. The first-order valence-corrected chi connectivity index (χ1v) is 9.39. The third-order valence-electron chi connectivity index (χ3n) is 5.01. The summed E-state index contributed by atoms with van der Waals surface area (Å²) in [4.78, 5) is 4.96. The van der Waals surface area contributed by atoms with E-state index < -0.39 is 0 Å². The van der Waals surface area contributed by atoms with Crippen molar-refractivity contribution in [3.05, 3.63) is 70.2 Å². The fourth-order valence-electron chi connectivity index (χ4n) is 3.53. The highest BCUT2D eigenvalue weighted by Gasteiger charge is 2.26. The van der Waals surface area contributed by atoms with Crippen molar-refractivity contribution < 1.29 is 5.11 Å². The number of halogens is 1. The van der Waals surface area contributed by atoms with E-state index in [1.165, 1.54) is 16.7 Å². The van der Waals surface area contributed by atoms with Gasteiger partial charge in [-0.1, -0.05) is 59.6 Å². The van der Waals surface area contributed by atoms with Gasteiger partial charge in [0.1, 0.15) is 0 Å². The number of hydrogen-bond donors (Lipinski definition) is 1. The molecule has 0 spiro atoms. The lowest BCUT2D eigenvalue weighted by Gasteiger charge is -2.41. The lowest BCUT2D eigenvalue weighted by atomic mass is 10.1. The number of hydrogen-bond acceptors (Lipinski definition) is 3. The van der Waals surface area contributed by atoms with E-state index in [4.69, 9.17) is 11.6 Å².